The summed E-state index contributed by atoms with van der Waals surface area (Å²) < 4.78 is 31.3. The molecular weight excluding hydrogens is 478 g/mol. The zero-order valence-corrected chi connectivity index (χ0v) is 19.6. The molecule has 0 bridgehead atoms. The predicted molar refractivity (Wildman–Crippen MR) is 133 cm³/mol. The minimum absolute atomic E-state index is 0.0134. The molecule has 1 N–H and O–H groups in total. The average Bonchev–Trinajstić information content (AvgIpc) is 2.91. The summed E-state index contributed by atoms with van der Waals surface area (Å²) in [5, 5.41) is 2.74. The molecule has 5 rings (SSSR count). The van der Waals surface area contributed by atoms with Gasteiger partial charge < -0.3 is 10.1 Å². The van der Waals surface area contributed by atoms with E-state index in [4.69, 9.17) is 4.74 Å². The minimum Gasteiger partial charge on any atom is -0.452 e. The molecule has 1 heterocycles. The molecule has 7 nitrogen and oxygen atoms in total. The largest absolute Gasteiger partial charge is 0.452 e. The van der Waals surface area contributed by atoms with Crippen LogP contribution in [0.1, 0.15) is 26.3 Å². The molecule has 36 heavy (non-hydrogen) atoms. The van der Waals surface area contributed by atoms with E-state index >= 15 is 0 Å². The van der Waals surface area contributed by atoms with E-state index < -0.39 is 34.1 Å². The van der Waals surface area contributed by atoms with E-state index in [0.29, 0.717) is 5.69 Å². The van der Waals surface area contributed by atoms with Crippen molar-refractivity contribution in [2.24, 2.45) is 0 Å². The van der Waals surface area contributed by atoms with Crippen LogP contribution in [0.4, 0.5) is 5.69 Å². The first kappa shape index (κ1) is 23.2. The van der Waals surface area contributed by atoms with E-state index in [-0.39, 0.29) is 26.5 Å². The Balaban J connectivity index is 1.32. The highest BCUT2D eigenvalue weighted by atomic mass is 32.2. The van der Waals surface area contributed by atoms with Crippen molar-refractivity contribution in [1.29, 1.82) is 0 Å². The first-order valence-electron chi connectivity index (χ1n) is 11.0. The number of ketones is 1. The molecule has 0 aliphatic carbocycles. The summed E-state index contributed by atoms with van der Waals surface area (Å²) in [6.45, 7) is -0.576. The molecule has 4 aromatic carbocycles. The van der Waals surface area contributed by atoms with Gasteiger partial charge in [-0.15, -0.1) is 0 Å². The summed E-state index contributed by atoms with van der Waals surface area (Å²) in [6.07, 6.45) is 0. The highest BCUT2D eigenvalue weighted by Crippen LogP contribution is 2.35. The highest BCUT2D eigenvalue weighted by molar-refractivity contribution is 7.91. The van der Waals surface area contributed by atoms with E-state index in [0.717, 1.165) is 17.2 Å². The molecule has 0 saturated carbocycles. The van der Waals surface area contributed by atoms with E-state index in [9.17, 15) is 22.8 Å². The van der Waals surface area contributed by atoms with Crippen molar-refractivity contribution >= 4 is 33.2 Å². The maximum Gasteiger partial charge on any atom is 0.338 e. The van der Waals surface area contributed by atoms with Crippen LogP contribution >= 0.6 is 0 Å². The van der Waals surface area contributed by atoms with E-state index in [1.165, 1.54) is 30.3 Å². The number of hydrogen-bond donors (Lipinski definition) is 1. The van der Waals surface area contributed by atoms with Crippen molar-refractivity contribution in [1.82, 2.24) is 0 Å². The predicted octanol–water partition coefficient (Wildman–Crippen LogP) is 4.53. The van der Waals surface area contributed by atoms with Gasteiger partial charge in [-0.05, 0) is 42.0 Å². The van der Waals surface area contributed by atoms with Crippen LogP contribution in [-0.4, -0.2) is 32.7 Å². The molecule has 178 valence electrons. The smallest absolute Gasteiger partial charge is 0.338 e. The third-order valence-electron chi connectivity index (χ3n) is 5.79. The van der Waals surface area contributed by atoms with Crippen LogP contribution in [0.2, 0.25) is 0 Å². The van der Waals surface area contributed by atoms with Crippen LogP contribution < -0.4 is 5.32 Å². The Kier molecular flexibility index (Phi) is 5.95. The minimum atomic E-state index is -4.00. The molecular formula is C28H19NO6S. The third kappa shape index (κ3) is 4.18. The number of amides is 1. The van der Waals surface area contributed by atoms with Crippen molar-refractivity contribution in [2.75, 3.05) is 11.9 Å². The molecule has 0 spiro atoms. The van der Waals surface area contributed by atoms with Gasteiger partial charge in [0.2, 0.25) is 9.84 Å². The SMILES string of the molecule is O=C(COC(=O)c1ccc2c(c1)S(=O)(=O)c1ccccc1C2=O)Nc1ccccc1-c1ccccc1. The molecule has 1 amide bonds. The Morgan fingerprint density at radius 3 is 2.14 bits per heavy atom. The van der Waals surface area contributed by atoms with Crippen molar-refractivity contribution in [3.8, 4) is 11.1 Å². The number of benzene rings is 4. The normalized spacial score (nSPS) is 13.3. The number of fused-ring (bicyclic) bond motifs is 2. The van der Waals surface area contributed by atoms with E-state index in [1.807, 2.05) is 42.5 Å². The Labute approximate surface area is 207 Å². The summed E-state index contributed by atoms with van der Waals surface area (Å²) in [4.78, 5) is 37.5. The van der Waals surface area contributed by atoms with Gasteiger partial charge in [0.15, 0.2) is 12.4 Å². The van der Waals surface area contributed by atoms with Gasteiger partial charge in [0.1, 0.15) is 0 Å². The number of esters is 1. The van der Waals surface area contributed by atoms with Crippen LogP contribution in [-0.2, 0) is 19.4 Å². The van der Waals surface area contributed by atoms with Gasteiger partial charge >= 0.3 is 5.97 Å². The number of carbonyl (C=O) groups is 3. The van der Waals surface area contributed by atoms with Gasteiger partial charge in [-0.2, -0.15) is 0 Å². The lowest BCUT2D eigenvalue weighted by Crippen LogP contribution is -2.23. The van der Waals surface area contributed by atoms with E-state index in [2.05, 4.69) is 5.32 Å². The lowest BCUT2D eigenvalue weighted by molar-refractivity contribution is -0.119. The van der Waals surface area contributed by atoms with Crippen LogP contribution in [0.15, 0.2) is 107 Å². The Morgan fingerprint density at radius 2 is 1.36 bits per heavy atom. The lowest BCUT2D eigenvalue weighted by Gasteiger charge is -2.19. The molecule has 1 aliphatic rings. The molecule has 8 heteroatoms. The number of sulfone groups is 1. The quantitative estimate of drug-likeness (QED) is 0.358. The Morgan fingerprint density at radius 1 is 0.722 bits per heavy atom. The van der Waals surface area contributed by atoms with Crippen LogP contribution in [0.25, 0.3) is 11.1 Å². The topological polar surface area (TPSA) is 107 Å². The zero-order chi connectivity index (χ0) is 25.3. The number of rotatable bonds is 5. The fraction of sp³-hybridized carbons (Fsp3) is 0.0357. The van der Waals surface area contributed by atoms with Gasteiger partial charge in [0, 0.05) is 22.4 Å². The number of carbonyl (C=O) groups excluding carboxylic acids is 3. The number of anilines is 1. The highest BCUT2D eigenvalue weighted by Gasteiger charge is 2.35. The molecule has 0 radical (unpaired) electrons. The fourth-order valence-corrected chi connectivity index (χ4v) is 5.75. The number of hydrogen-bond acceptors (Lipinski definition) is 6. The van der Waals surface area contributed by atoms with Crippen LogP contribution in [0, 0.1) is 0 Å². The molecule has 0 aromatic heterocycles. The third-order valence-corrected chi connectivity index (χ3v) is 7.64. The van der Waals surface area contributed by atoms with Gasteiger partial charge in [0.05, 0.1) is 15.4 Å². The van der Waals surface area contributed by atoms with Crippen molar-refractivity contribution in [3.63, 3.8) is 0 Å². The second-order valence-corrected chi connectivity index (χ2v) is 9.96. The van der Waals surface area contributed by atoms with Crippen LogP contribution in [0.3, 0.4) is 0 Å². The molecule has 4 aromatic rings. The number of para-hydroxylation sites is 1. The van der Waals surface area contributed by atoms with Crippen molar-refractivity contribution in [2.45, 2.75) is 9.79 Å². The zero-order valence-electron chi connectivity index (χ0n) is 18.8. The second kappa shape index (κ2) is 9.24. The Hall–Kier alpha value is -4.56. The van der Waals surface area contributed by atoms with Gasteiger partial charge in [-0.25, -0.2) is 13.2 Å². The van der Waals surface area contributed by atoms with Crippen molar-refractivity contribution in [3.05, 3.63) is 114 Å². The maximum absolute atomic E-state index is 13.1. The second-order valence-electron chi connectivity index (χ2n) is 8.08. The van der Waals surface area contributed by atoms with Gasteiger partial charge in [-0.1, -0.05) is 60.7 Å². The molecule has 1 aliphatic heterocycles. The molecule has 0 unspecified atom stereocenters. The van der Waals surface area contributed by atoms with Crippen LogP contribution in [0.5, 0.6) is 0 Å². The van der Waals surface area contributed by atoms with Gasteiger partial charge in [0.25, 0.3) is 5.91 Å². The van der Waals surface area contributed by atoms with E-state index in [1.54, 1.807) is 18.2 Å². The first-order valence-corrected chi connectivity index (χ1v) is 12.5. The number of nitrogens with one attached hydrogen (secondary N) is 1. The standard InChI is InChI=1S/C28H19NO6S/c30-26(29-23-12-6-4-10-20(23)18-8-2-1-3-9-18)17-35-28(32)19-14-15-22-25(16-19)36(33,34)24-13-7-5-11-21(24)27(22)31/h1-16H,17H2,(H,29,30). The molecule has 0 atom stereocenters. The molecule has 0 saturated heterocycles. The summed E-state index contributed by atoms with van der Waals surface area (Å²) >= 11 is 0. The Bertz CT molecular complexity index is 1630. The fourth-order valence-electron chi connectivity index (χ4n) is 4.07. The first-order chi connectivity index (χ1) is 17.4. The molecule has 0 fully saturated rings. The summed E-state index contributed by atoms with van der Waals surface area (Å²) in [7, 11) is -4.00. The van der Waals surface area contributed by atoms with Crippen molar-refractivity contribution < 1.29 is 27.5 Å². The van der Waals surface area contributed by atoms with Gasteiger partial charge in [-0.3, -0.25) is 9.59 Å². The average molecular weight is 498 g/mol. The summed E-state index contributed by atoms with van der Waals surface area (Å²) in [5.74, 6) is -1.88. The maximum atomic E-state index is 13.1. The summed E-state index contributed by atoms with van der Waals surface area (Å²) in [5.41, 5.74) is 2.27. The lowest BCUT2D eigenvalue weighted by atomic mass is 10.0. The monoisotopic (exact) mass is 497 g/mol. The number of ether oxygens (including phenoxy) is 1. The summed E-state index contributed by atoms with van der Waals surface area (Å²) in [6, 6.07) is 26.4.